The maximum atomic E-state index is 10.7. The first kappa shape index (κ1) is 10.6. The van der Waals surface area contributed by atoms with E-state index < -0.39 is 5.97 Å². The molecular formula is C11H20O2. The average molecular weight is 184 g/mol. The summed E-state index contributed by atoms with van der Waals surface area (Å²) in [5.41, 5.74) is 0.275. The number of carboxylic acids is 1. The van der Waals surface area contributed by atoms with E-state index >= 15 is 0 Å². The number of carboxylic acid groups (broad SMARTS) is 1. The van der Waals surface area contributed by atoms with Gasteiger partial charge in [-0.2, -0.15) is 0 Å². The summed E-state index contributed by atoms with van der Waals surface area (Å²) in [7, 11) is 0. The molecule has 2 nitrogen and oxygen atoms in total. The van der Waals surface area contributed by atoms with Gasteiger partial charge in [-0.25, -0.2) is 0 Å². The second kappa shape index (κ2) is 3.32. The SMILES string of the molecule is CCC1(C(C)(C)CC(=O)O)CCC1. The Bertz CT molecular complexity index is 197. The van der Waals surface area contributed by atoms with Crippen molar-refractivity contribution in [1.29, 1.82) is 0 Å². The Kier molecular flexibility index (Phi) is 2.69. The Balaban J connectivity index is 2.71. The van der Waals surface area contributed by atoms with E-state index in [1.54, 1.807) is 0 Å². The zero-order valence-corrected chi connectivity index (χ0v) is 8.89. The van der Waals surface area contributed by atoms with Crippen molar-refractivity contribution >= 4 is 5.97 Å². The Hall–Kier alpha value is -0.530. The zero-order chi connectivity index (χ0) is 10.1. The minimum absolute atomic E-state index is 0.0359. The molecule has 1 aliphatic rings. The van der Waals surface area contributed by atoms with Crippen molar-refractivity contribution in [3.8, 4) is 0 Å². The molecule has 0 saturated heterocycles. The van der Waals surface area contributed by atoms with E-state index in [4.69, 9.17) is 5.11 Å². The summed E-state index contributed by atoms with van der Waals surface area (Å²) >= 11 is 0. The molecule has 0 aliphatic heterocycles. The van der Waals surface area contributed by atoms with Gasteiger partial charge in [-0.3, -0.25) is 4.79 Å². The maximum Gasteiger partial charge on any atom is 0.303 e. The number of rotatable bonds is 4. The van der Waals surface area contributed by atoms with Crippen LogP contribution in [-0.2, 0) is 4.79 Å². The zero-order valence-electron chi connectivity index (χ0n) is 8.89. The molecule has 0 radical (unpaired) electrons. The van der Waals surface area contributed by atoms with Gasteiger partial charge in [-0.15, -0.1) is 0 Å². The van der Waals surface area contributed by atoms with E-state index in [1.807, 2.05) is 0 Å². The Morgan fingerprint density at radius 2 is 2.00 bits per heavy atom. The minimum atomic E-state index is -0.662. The Morgan fingerprint density at radius 3 is 2.23 bits per heavy atom. The molecule has 1 fully saturated rings. The molecule has 0 aromatic rings. The van der Waals surface area contributed by atoms with Crippen LogP contribution in [-0.4, -0.2) is 11.1 Å². The van der Waals surface area contributed by atoms with Crippen LogP contribution in [0.2, 0.25) is 0 Å². The molecule has 0 unspecified atom stereocenters. The summed E-state index contributed by atoms with van der Waals surface area (Å²) in [5, 5.41) is 8.83. The lowest BCUT2D eigenvalue weighted by atomic mass is 9.52. The van der Waals surface area contributed by atoms with Crippen LogP contribution < -0.4 is 0 Å². The summed E-state index contributed by atoms with van der Waals surface area (Å²) < 4.78 is 0. The van der Waals surface area contributed by atoms with Crippen molar-refractivity contribution < 1.29 is 9.90 Å². The third-order valence-corrected chi connectivity index (χ3v) is 4.02. The standard InChI is InChI=1S/C11H20O2/c1-4-11(6-5-7-11)10(2,3)8-9(12)13/h4-8H2,1-3H3,(H,12,13). The molecule has 0 aromatic carbocycles. The highest BCUT2D eigenvalue weighted by Gasteiger charge is 2.48. The molecule has 1 aliphatic carbocycles. The predicted molar refractivity (Wildman–Crippen MR) is 52.6 cm³/mol. The molecule has 2 heteroatoms. The average Bonchev–Trinajstić information content (AvgIpc) is 1.80. The number of hydrogen-bond acceptors (Lipinski definition) is 1. The van der Waals surface area contributed by atoms with E-state index in [0.29, 0.717) is 11.8 Å². The molecule has 0 bridgehead atoms. The van der Waals surface area contributed by atoms with Crippen LogP contribution in [0.1, 0.15) is 52.9 Å². The third kappa shape index (κ3) is 1.72. The van der Waals surface area contributed by atoms with Crippen LogP contribution >= 0.6 is 0 Å². The Morgan fingerprint density at radius 1 is 1.46 bits per heavy atom. The van der Waals surface area contributed by atoms with Gasteiger partial charge in [0.25, 0.3) is 0 Å². The van der Waals surface area contributed by atoms with Gasteiger partial charge in [0.2, 0.25) is 0 Å². The Labute approximate surface area is 80.3 Å². The largest absolute Gasteiger partial charge is 0.481 e. The van der Waals surface area contributed by atoms with Gasteiger partial charge in [0, 0.05) is 0 Å². The van der Waals surface area contributed by atoms with Crippen molar-refractivity contribution in [2.75, 3.05) is 0 Å². The smallest absolute Gasteiger partial charge is 0.303 e. The fourth-order valence-corrected chi connectivity index (χ4v) is 2.68. The minimum Gasteiger partial charge on any atom is -0.481 e. The molecule has 13 heavy (non-hydrogen) atoms. The fraction of sp³-hybridized carbons (Fsp3) is 0.909. The van der Waals surface area contributed by atoms with Crippen molar-refractivity contribution in [3.05, 3.63) is 0 Å². The molecule has 0 amide bonds. The highest BCUT2D eigenvalue weighted by molar-refractivity contribution is 5.67. The van der Waals surface area contributed by atoms with Crippen molar-refractivity contribution in [3.63, 3.8) is 0 Å². The lowest BCUT2D eigenvalue weighted by Crippen LogP contribution is -2.44. The van der Waals surface area contributed by atoms with Crippen LogP contribution in [0.25, 0.3) is 0 Å². The van der Waals surface area contributed by atoms with Crippen LogP contribution in [0.3, 0.4) is 0 Å². The van der Waals surface area contributed by atoms with Gasteiger partial charge in [0.05, 0.1) is 6.42 Å². The molecule has 0 heterocycles. The number of carbonyl (C=O) groups is 1. The summed E-state index contributed by atoms with van der Waals surface area (Å²) in [6.45, 7) is 6.39. The molecule has 0 atom stereocenters. The van der Waals surface area contributed by atoms with E-state index in [9.17, 15) is 4.79 Å². The van der Waals surface area contributed by atoms with E-state index in [-0.39, 0.29) is 5.41 Å². The summed E-state index contributed by atoms with van der Waals surface area (Å²) in [5.74, 6) is -0.662. The lowest BCUT2D eigenvalue weighted by Gasteiger charge is -2.52. The summed E-state index contributed by atoms with van der Waals surface area (Å²) in [6, 6.07) is 0. The van der Waals surface area contributed by atoms with Crippen LogP contribution in [0.4, 0.5) is 0 Å². The highest BCUT2D eigenvalue weighted by Crippen LogP contribution is 2.57. The van der Waals surface area contributed by atoms with Crippen molar-refractivity contribution in [2.24, 2.45) is 10.8 Å². The molecule has 1 saturated carbocycles. The first-order chi connectivity index (χ1) is 5.93. The quantitative estimate of drug-likeness (QED) is 0.729. The third-order valence-electron chi connectivity index (χ3n) is 4.02. The monoisotopic (exact) mass is 184 g/mol. The van der Waals surface area contributed by atoms with Crippen molar-refractivity contribution in [1.82, 2.24) is 0 Å². The van der Waals surface area contributed by atoms with Gasteiger partial charge >= 0.3 is 5.97 Å². The molecule has 1 rings (SSSR count). The fourth-order valence-electron chi connectivity index (χ4n) is 2.68. The van der Waals surface area contributed by atoms with Gasteiger partial charge in [-0.05, 0) is 30.1 Å². The number of aliphatic carboxylic acids is 1. The molecule has 0 spiro atoms. The predicted octanol–water partition coefficient (Wildman–Crippen LogP) is 3.07. The van der Waals surface area contributed by atoms with Gasteiger partial charge in [-0.1, -0.05) is 27.2 Å². The van der Waals surface area contributed by atoms with E-state index in [2.05, 4.69) is 20.8 Å². The summed E-state index contributed by atoms with van der Waals surface area (Å²) in [4.78, 5) is 10.7. The maximum absolute atomic E-state index is 10.7. The first-order valence-corrected chi connectivity index (χ1v) is 5.15. The van der Waals surface area contributed by atoms with Gasteiger partial charge in [0.15, 0.2) is 0 Å². The van der Waals surface area contributed by atoms with E-state index in [0.717, 1.165) is 6.42 Å². The highest BCUT2D eigenvalue weighted by atomic mass is 16.4. The summed E-state index contributed by atoms with van der Waals surface area (Å²) in [6.07, 6.45) is 5.12. The molecule has 76 valence electrons. The van der Waals surface area contributed by atoms with E-state index in [1.165, 1.54) is 19.3 Å². The van der Waals surface area contributed by atoms with Gasteiger partial charge in [0.1, 0.15) is 0 Å². The number of hydrogen-bond donors (Lipinski definition) is 1. The first-order valence-electron chi connectivity index (χ1n) is 5.15. The lowest BCUT2D eigenvalue weighted by molar-refractivity contribution is -0.144. The molecular weight excluding hydrogens is 164 g/mol. The second-order valence-corrected chi connectivity index (χ2v) is 4.94. The van der Waals surface area contributed by atoms with Crippen LogP contribution in [0.15, 0.2) is 0 Å². The molecule has 0 aromatic heterocycles. The second-order valence-electron chi connectivity index (χ2n) is 4.94. The van der Waals surface area contributed by atoms with Crippen molar-refractivity contribution in [2.45, 2.75) is 52.9 Å². The normalized spacial score (nSPS) is 20.8. The van der Waals surface area contributed by atoms with Gasteiger partial charge < -0.3 is 5.11 Å². The van der Waals surface area contributed by atoms with Crippen LogP contribution in [0, 0.1) is 10.8 Å². The molecule has 1 N–H and O–H groups in total. The van der Waals surface area contributed by atoms with Crippen LogP contribution in [0.5, 0.6) is 0 Å². The topological polar surface area (TPSA) is 37.3 Å².